The second kappa shape index (κ2) is 23.1. The molecule has 0 saturated heterocycles. The number of alkyl carbamates (subject to hydrolysis) is 1. The Morgan fingerprint density at radius 2 is 1.49 bits per heavy atom. The molecule has 358 valence electrons. The van der Waals surface area contributed by atoms with E-state index in [0.717, 1.165) is 11.3 Å². The summed E-state index contributed by atoms with van der Waals surface area (Å²) in [7, 11) is 2.49. The Kier molecular flexibility index (Phi) is 18.5. The normalized spacial score (nSPS) is 14.7. The molecule has 1 aromatic heterocycles. The maximum absolute atomic E-state index is 16.1. The zero-order valence-electron chi connectivity index (χ0n) is 36.6. The molecule has 22 heteroatoms. The first-order valence-electron chi connectivity index (χ1n) is 20.4. The van der Waals surface area contributed by atoms with Gasteiger partial charge in [0.25, 0.3) is 0 Å². The van der Waals surface area contributed by atoms with Crippen LogP contribution in [-0.2, 0) is 41.7 Å². The van der Waals surface area contributed by atoms with E-state index in [2.05, 4.69) is 5.32 Å². The first-order chi connectivity index (χ1) is 30.6. The maximum Gasteiger partial charge on any atom is 0.407 e. The van der Waals surface area contributed by atoms with Gasteiger partial charge in [-0.15, -0.1) is 11.3 Å². The predicted molar refractivity (Wildman–Crippen MR) is 225 cm³/mol. The number of rotatable bonds is 23. The van der Waals surface area contributed by atoms with E-state index in [1.54, 1.807) is 27.7 Å². The lowest BCUT2D eigenvalue weighted by Gasteiger charge is -2.25. The summed E-state index contributed by atoms with van der Waals surface area (Å²) in [6.07, 6.45) is -10.6. The second-order valence-corrected chi connectivity index (χ2v) is 17.1. The summed E-state index contributed by atoms with van der Waals surface area (Å²) in [5, 5.41) is 50.2. The SMILES string of the molecule is COc1cc2sc(C(=O)CCC(=O)OC[C@@H](O)[C@@H](O)[C@H](O)[C@H](O)CO)cc2c(F)c1OCCC(=O)c1c(OC)cc2c(c1F)CN(C(=O)CCC(=O)O[C@@H](C)CNC(=O)OC(C)(C)C)C2. The summed E-state index contributed by atoms with van der Waals surface area (Å²) < 4.78 is 63.8. The smallest absolute Gasteiger partial charge is 0.407 e. The molecular weight excluding hydrogens is 887 g/mol. The van der Waals surface area contributed by atoms with Crippen molar-refractivity contribution in [3.05, 3.63) is 51.4 Å². The molecule has 65 heavy (non-hydrogen) atoms. The number of carbonyl (C=O) groups excluding carboxylic acids is 6. The fourth-order valence-corrected chi connectivity index (χ4v) is 7.51. The monoisotopic (exact) mass is 940 g/mol. The highest BCUT2D eigenvalue weighted by Gasteiger charge is 2.33. The van der Waals surface area contributed by atoms with Crippen molar-refractivity contribution in [1.82, 2.24) is 10.2 Å². The van der Waals surface area contributed by atoms with Gasteiger partial charge < -0.3 is 64.2 Å². The quantitative estimate of drug-likeness (QED) is 0.0453. The molecule has 2 aromatic carbocycles. The maximum atomic E-state index is 16.1. The van der Waals surface area contributed by atoms with E-state index < -0.39 is 127 Å². The molecule has 19 nitrogen and oxygen atoms in total. The molecule has 2 amide bonds. The van der Waals surface area contributed by atoms with Crippen LogP contribution in [-0.4, -0.2) is 143 Å². The molecule has 0 unspecified atom stereocenters. The van der Waals surface area contributed by atoms with E-state index in [0.29, 0.717) is 5.56 Å². The molecule has 4 rings (SSSR count). The first kappa shape index (κ1) is 52.1. The summed E-state index contributed by atoms with van der Waals surface area (Å²) in [6, 6.07) is 4.10. The summed E-state index contributed by atoms with van der Waals surface area (Å²) in [4.78, 5) is 77.4. The lowest BCUT2D eigenvalue weighted by Crippen LogP contribution is -2.47. The Morgan fingerprint density at radius 3 is 2.14 bits per heavy atom. The van der Waals surface area contributed by atoms with Crippen LogP contribution in [0.25, 0.3) is 10.1 Å². The number of nitrogens with zero attached hydrogens (tertiary/aromatic N) is 1. The second-order valence-electron chi connectivity index (χ2n) is 16.0. The minimum atomic E-state index is -1.95. The number of Topliss-reactive ketones (excluding diaryl/α,β-unsaturated/α-hetero) is 2. The highest BCUT2D eigenvalue weighted by atomic mass is 32.1. The van der Waals surface area contributed by atoms with Gasteiger partial charge in [-0.1, -0.05) is 0 Å². The number of amides is 2. The minimum absolute atomic E-state index is 0.0161. The van der Waals surface area contributed by atoms with Crippen molar-refractivity contribution in [2.24, 2.45) is 0 Å². The zero-order valence-corrected chi connectivity index (χ0v) is 37.5. The van der Waals surface area contributed by atoms with Crippen molar-refractivity contribution >= 4 is 56.9 Å². The van der Waals surface area contributed by atoms with E-state index in [4.69, 9.17) is 33.5 Å². The van der Waals surface area contributed by atoms with Gasteiger partial charge in [0, 0.05) is 54.1 Å². The topological polar surface area (TPSA) is 274 Å². The summed E-state index contributed by atoms with van der Waals surface area (Å²) >= 11 is 0.900. The van der Waals surface area contributed by atoms with Crippen LogP contribution in [0, 0.1) is 11.6 Å². The van der Waals surface area contributed by atoms with E-state index in [1.807, 2.05) is 0 Å². The average Bonchev–Trinajstić information content (AvgIpc) is 3.90. The number of aliphatic hydroxyl groups excluding tert-OH is 5. The van der Waals surface area contributed by atoms with E-state index in [1.165, 1.54) is 37.3 Å². The first-order valence-corrected chi connectivity index (χ1v) is 21.2. The molecule has 0 saturated carbocycles. The molecule has 3 aromatic rings. The lowest BCUT2D eigenvalue weighted by atomic mass is 9.99. The largest absolute Gasteiger partial charge is 0.496 e. The summed E-state index contributed by atoms with van der Waals surface area (Å²) in [6.45, 7) is 4.31. The van der Waals surface area contributed by atoms with E-state index >= 15 is 8.78 Å². The van der Waals surface area contributed by atoms with Crippen molar-refractivity contribution < 1.29 is 91.5 Å². The Labute approximate surface area is 376 Å². The van der Waals surface area contributed by atoms with Crippen molar-refractivity contribution in [3.8, 4) is 17.2 Å². The molecule has 0 bridgehead atoms. The van der Waals surface area contributed by atoms with Crippen molar-refractivity contribution in [2.75, 3.05) is 40.6 Å². The van der Waals surface area contributed by atoms with Gasteiger partial charge in [0.1, 0.15) is 54.3 Å². The van der Waals surface area contributed by atoms with Gasteiger partial charge in [0.05, 0.1) is 57.3 Å². The Hall–Kier alpha value is -5.52. The number of methoxy groups -OCH3 is 2. The molecule has 0 spiro atoms. The number of esters is 2. The van der Waals surface area contributed by atoms with Crippen LogP contribution < -0.4 is 19.5 Å². The number of fused-ring (bicyclic) bond motifs is 2. The zero-order chi connectivity index (χ0) is 48.3. The molecule has 2 heterocycles. The number of hydrogen-bond acceptors (Lipinski definition) is 18. The third-order valence-corrected chi connectivity index (χ3v) is 11.0. The van der Waals surface area contributed by atoms with Gasteiger partial charge >= 0.3 is 18.0 Å². The number of thiophene rings is 1. The fourth-order valence-electron chi connectivity index (χ4n) is 6.46. The van der Waals surface area contributed by atoms with Crippen LogP contribution in [0.3, 0.4) is 0 Å². The highest BCUT2D eigenvalue weighted by Crippen LogP contribution is 2.41. The van der Waals surface area contributed by atoms with Gasteiger partial charge in [-0.05, 0) is 45.4 Å². The summed E-state index contributed by atoms with van der Waals surface area (Å²) in [5.74, 6) is -5.82. The lowest BCUT2D eigenvalue weighted by molar-refractivity contribution is -0.156. The molecule has 0 radical (unpaired) electrons. The van der Waals surface area contributed by atoms with Gasteiger partial charge in [0.2, 0.25) is 5.91 Å². The minimum Gasteiger partial charge on any atom is -0.496 e. The molecule has 1 aliphatic rings. The Bertz CT molecular complexity index is 2230. The van der Waals surface area contributed by atoms with Crippen LogP contribution in [0.5, 0.6) is 17.2 Å². The standard InChI is InChI=1S/C43H54F2N2O17S/c1-21(16-46-42(58)64-43(2,3)4)63-35(55)10-8-33(53)47-17-22-13-29(59-5)36(37(44)24(22)18-47)26(50)11-12-61-41-30(60-6)15-31-23(38(41)45)14-32(65-31)25(49)7-9-34(54)62-20-28(52)40(57)39(56)27(51)19-48/h13-15,21,27-28,39-40,48,51-52,56-57H,7-12,16-20H2,1-6H3,(H,46,58)/t21-,27+,28+,39+,40+/m0/s1. The molecule has 5 atom stereocenters. The third-order valence-electron chi connectivity index (χ3n) is 9.84. The van der Waals surface area contributed by atoms with Crippen LogP contribution >= 0.6 is 11.3 Å². The number of halogens is 2. The number of ketones is 2. The number of carbonyl (C=O) groups is 6. The van der Waals surface area contributed by atoms with Crippen molar-refractivity contribution in [2.45, 2.75) is 109 Å². The third kappa shape index (κ3) is 14.0. The molecule has 6 N–H and O–H groups in total. The van der Waals surface area contributed by atoms with Crippen LogP contribution in [0.1, 0.15) is 91.0 Å². The van der Waals surface area contributed by atoms with Crippen LogP contribution in [0.2, 0.25) is 0 Å². The Balaban J connectivity index is 1.32. The molecule has 1 aliphatic heterocycles. The number of aliphatic hydroxyl groups is 5. The highest BCUT2D eigenvalue weighted by molar-refractivity contribution is 7.20. The van der Waals surface area contributed by atoms with Crippen molar-refractivity contribution in [3.63, 3.8) is 0 Å². The van der Waals surface area contributed by atoms with E-state index in [-0.39, 0.29) is 70.9 Å². The fraction of sp³-hybridized carbons (Fsp3) is 0.535. The summed E-state index contributed by atoms with van der Waals surface area (Å²) in [5.41, 5.74) is -0.638. The number of nitrogens with one attached hydrogen (secondary N) is 1. The number of hydrogen-bond donors (Lipinski definition) is 6. The number of benzene rings is 2. The molecule has 0 aliphatic carbocycles. The van der Waals surface area contributed by atoms with Gasteiger partial charge in [0.15, 0.2) is 28.9 Å². The van der Waals surface area contributed by atoms with Crippen LogP contribution in [0.4, 0.5) is 13.6 Å². The van der Waals surface area contributed by atoms with Gasteiger partial charge in [-0.25, -0.2) is 13.6 Å². The molecule has 0 fully saturated rings. The van der Waals surface area contributed by atoms with E-state index in [9.17, 15) is 49.2 Å². The number of ether oxygens (including phenoxy) is 6. The molecular formula is C43H54F2N2O17S. The van der Waals surface area contributed by atoms with Crippen molar-refractivity contribution in [1.29, 1.82) is 0 Å². The van der Waals surface area contributed by atoms with Gasteiger partial charge in [-0.3, -0.25) is 24.0 Å². The van der Waals surface area contributed by atoms with Crippen LogP contribution in [0.15, 0.2) is 18.2 Å². The Morgan fingerprint density at radius 1 is 0.831 bits per heavy atom. The average molecular weight is 941 g/mol. The predicted octanol–water partition coefficient (Wildman–Crippen LogP) is 2.87. The van der Waals surface area contributed by atoms with Gasteiger partial charge in [-0.2, -0.15) is 0 Å².